The number of carbonyl (C=O) groups is 3. The van der Waals surface area contributed by atoms with Crippen molar-refractivity contribution in [3.05, 3.63) is 94.1 Å². The summed E-state index contributed by atoms with van der Waals surface area (Å²) in [5.41, 5.74) is 8.05. The van der Waals surface area contributed by atoms with E-state index in [0.717, 1.165) is 70.9 Å². The van der Waals surface area contributed by atoms with Crippen molar-refractivity contribution in [1.82, 2.24) is 15.4 Å². The Morgan fingerprint density at radius 2 is 1.86 bits per heavy atom. The Balaban J connectivity index is 0.998. The average molecular weight is 687 g/mol. The predicted octanol–water partition coefficient (Wildman–Crippen LogP) is 6.61. The third-order valence-electron chi connectivity index (χ3n) is 11.2. The number of carbonyl (C=O) groups excluding carboxylic acids is 3. The molecule has 4 aromatic rings. The Kier molecular flexibility index (Phi) is 7.93. The van der Waals surface area contributed by atoms with Crippen LogP contribution < -0.4 is 15.5 Å². The van der Waals surface area contributed by atoms with Crippen LogP contribution in [-0.4, -0.2) is 46.9 Å². The van der Waals surface area contributed by atoms with Crippen LogP contribution in [-0.2, 0) is 21.5 Å². The lowest BCUT2D eigenvalue weighted by Gasteiger charge is -2.29. The van der Waals surface area contributed by atoms with E-state index in [0.29, 0.717) is 29.6 Å². The number of amides is 3. The van der Waals surface area contributed by atoms with Gasteiger partial charge in [-0.25, -0.2) is 4.39 Å². The van der Waals surface area contributed by atoms with Gasteiger partial charge in [0, 0.05) is 48.6 Å². The smallest absolute Gasteiger partial charge is 0.255 e. The van der Waals surface area contributed by atoms with E-state index in [4.69, 9.17) is 4.52 Å². The van der Waals surface area contributed by atoms with Crippen molar-refractivity contribution < 1.29 is 23.3 Å². The summed E-state index contributed by atoms with van der Waals surface area (Å²) in [6.07, 6.45) is 3.17. The van der Waals surface area contributed by atoms with Gasteiger partial charge in [-0.3, -0.25) is 19.7 Å². The highest BCUT2D eigenvalue weighted by atomic mass is 19.1. The number of piperidine rings is 1. The highest BCUT2D eigenvalue weighted by Crippen LogP contribution is 2.49. The molecule has 2 N–H and O–H groups in total. The number of nitrogens with one attached hydrogen (secondary N) is 2. The minimum atomic E-state index is -0.747. The first kappa shape index (κ1) is 32.7. The van der Waals surface area contributed by atoms with E-state index >= 15 is 4.39 Å². The topological polar surface area (TPSA) is 132 Å². The molecular formula is C40H39FN6O4. The van der Waals surface area contributed by atoms with Crippen LogP contribution in [0.3, 0.4) is 0 Å². The molecule has 2 aliphatic heterocycles. The molecule has 0 radical (unpaired) electrons. The molecule has 3 fully saturated rings. The normalized spacial score (nSPS) is 21.6. The molecule has 1 aromatic heterocycles. The van der Waals surface area contributed by atoms with Crippen molar-refractivity contribution in [3.63, 3.8) is 0 Å². The first-order valence-corrected chi connectivity index (χ1v) is 17.6. The summed E-state index contributed by atoms with van der Waals surface area (Å²) >= 11 is 0. The van der Waals surface area contributed by atoms with E-state index in [1.165, 1.54) is 11.0 Å². The molecule has 0 spiro atoms. The molecule has 260 valence electrons. The lowest BCUT2D eigenvalue weighted by Crippen LogP contribution is -2.52. The fraction of sp³-hybridized carbons (Fsp3) is 0.375. The standard InChI is InChI=1S/C40H39FN6O4/c1-22-4-5-25(37-23(2)45-51-24(37)3)16-35(22)46(30-8-6-29(7-9-30)40(21-42)12-13-40)19-27-14-26(27)18-43-33-15-28-20-47(39(50)31(28)17-32(33)41)34-10-11-36(48)44-38(34)49/h4-9,15-17,26-27,34,43H,10-14,18-20H2,1-3H3,(H,44,48,49)/t26-,27-,34?/m1/s1. The molecule has 51 heavy (non-hydrogen) atoms. The fourth-order valence-electron chi connectivity index (χ4n) is 7.83. The van der Waals surface area contributed by atoms with Crippen molar-refractivity contribution in [1.29, 1.82) is 5.26 Å². The Hall–Kier alpha value is -5.50. The van der Waals surface area contributed by atoms with Gasteiger partial charge in [-0.2, -0.15) is 5.26 Å². The summed E-state index contributed by atoms with van der Waals surface area (Å²) < 4.78 is 20.8. The van der Waals surface area contributed by atoms with Gasteiger partial charge in [0.2, 0.25) is 11.8 Å². The van der Waals surface area contributed by atoms with E-state index in [1.54, 1.807) is 6.07 Å². The number of hydrogen-bond acceptors (Lipinski definition) is 8. The minimum Gasteiger partial charge on any atom is -0.382 e. The summed E-state index contributed by atoms with van der Waals surface area (Å²) in [4.78, 5) is 41.0. The zero-order valence-corrected chi connectivity index (χ0v) is 28.9. The van der Waals surface area contributed by atoms with Crippen LogP contribution in [0.4, 0.5) is 21.5 Å². The highest BCUT2D eigenvalue weighted by molar-refractivity contribution is 6.05. The summed E-state index contributed by atoms with van der Waals surface area (Å²) in [7, 11) is 0. The van der Waals surface area contributed by atoms with Gasteiger partial charge in [-0.1, -0.05) is 29.4 Å². The van der Waals surface area contributed by atoms with Crippen LogP contribution in [0.5, 0.6) is 0 Å². The van der Waals surface area contributed by atoms with Gasteiger partial charge in [-0.15, -0.1) is 0 Å². The number of fused-ring (bicyclic) bond motifs is 1. The molecule has 3 atom stereocenters. The molecule has 1 saturated heterocycles. The number of hydrogen-bond donors (Lipinski definition) is 2. The van der Waals surface area contributed by atoms with Crippen molar-refractivity contribution in [3.8, 4) is 17.2 Å². The molecule has 4 aliphatic rings. The number of halogens is 1. The van der Waals surface area contributed by atoms with E-state index < -0.39 is 23.7 Å². The molecule has 3 heterocycles. The van der Waals surface area contributed by atoms with Crippen molar-refractivity contribution in [2.75, 3.05) is 23.3 Å². The van der Waals surface area contributed by atoms with Crippen molar-refractivity contribution in [2.45, 2.75) is 70.9 Å². The zero-order valence-electron chi connectivity index (χ0n) is 28.9. The molecule has 2 aliphatic carbocycles. The molecule has 10 nitrogen and oxygen atoms in total. The maximum Gasteiger partial charge on any atom is 0.255 e. The van der Waals surface area contributed by atoms with Crippen molar-refractivity contribution in [2.24, 2.45) is 11.8 Å². The van der Waals surface area contributed by atoms with Crippen LogP contribution in [0.25, 0.3) is 11.1 Å². The van der Waals surface area contributed by atoms with Crippen LogP contribution in [0.2, 0.25) is 0 Å². The zero-order chi connectivity index (χ0) is 35.6. The van der Waals surface area contributed by atoms with Gasteiger partial charge in [0.15, 0.2) is 0 Å². The second-order valence-electron chi connectivity index (χ2n) is 14.6. The van der Waals surface area contributed by atoms with Crippen LogP contribution in [0.1, 0.15) is 70.6 Å². The van der Waals surface area contributed by atoms with Gasteiger partial charge in [-0.05, 0) is 111 Å². The predicted molar refractivity (Wildman–Crippen MR) is 189 cm³/mol. The number of rotatable bonds is 10. The van der Waals surface area contributed by atoms with E-state index in [9.17, 15) is 19.6 Å². The largest absolute Gasteiger partial charge is 0.382 e. The van der Waals surface area contributed by atoms with Gasteiger partial charge in [0.05, 0.1) is 22.9 Å². The maximum atomic E-state index is 15.3. The van der Waals surface area contributed by atoms with Gasteiger partial charge >= 0.3 is 0 Å². The summed E-state index contributed by atoms with van der Waals surface area (Å²) in [5, 5.41) is 19.6. The molecular weight excluding hydrogens is 647 g/mol. The number of aryl methyl sites for hydroxylation is 3. The average Bonchev–Trinajstić information content (AvgIpc) is 4.02. The Morgan fingerprint density at radius 1 is 1.08 bits per heavy atom. The number of imide groups is 1. The van der Waals surface area contributed by atoms with Gasteiger partial charge in [0.1, 0.15) is 17.6 Å². The summed E-state index contributed by atoms with van der Waals surface area (Å²) in [5.74, 6) is -0.325. The molecule has 3 amide bonds. The SMILES string of the molecule is Cc1ccc(-c2c(C)noc2C)cc1N(C[C@H]1C[C@@H]1CNc1cc2c(cc1F)C(=O)N(C1CCC(=O)NC1=O)C2)c1ccc(C2(C#N)CC2)cc1. The third kappa shape index (κ3) is 5.92. The van der Waals surface area contributed by atoms with Crippen LogP contribution in [0, 0.1) is 49.8 Å². The Bertz CT molecular complexity index is 2110. The molecule has 8 rings (SSSR count). The Labute approximate surface area is 295 Å². The second kappa shape index (κ2) is 12.4. The number of anilines is 3. The van der Waals surface area contributed by atoms with Crippen LogP contribution in [0.15, 0.2) is 59.1 Å². The number of nitrogens with zero attached hydrogens (tertiary/aromatic N) is 4. The van der Waals surface area contributed by atoms with E-state index in [-0.39, 0.29) is 36.3 Å². The monoisotopic (exact) mass is 686 g/mol. The first-order valence-electron chi connectivity index (χ1n) is 17.6. The molecule has 11 heteroatoms. The van der Waals surface area contributed by atoms with Gasteiger partial charge in [0.25, 0.3) is 5.91 Å². The van der Waals surface area contributed by atoms with Crippen LogP contribution >= 0.6 is 0 Å². The molecule has 1 unspecified atom stereocenters. The highest BCUT2D eigenvalue weighted by Gasteiger charge is 2.45. The lowest BCUT2D eigenvalue weighted by atomic mass is 9.97. The molecule has 2 saturated carbocycles. The second-order valence-corrected chi connectivity index (χ2v) is 14.6. The fourth-order valence-corrected chi connectivity index (χ4v) is 7.83. The number of benzene rings is 3. The lowest BCUT2D eigenvalue weighted by molar-refractivity contribution is -0.136. The quantitative estimate of drug-likeness (QED) is 0.178. The van der Waals surface area contributed by atoms with Gasteiger partial charge < -0.3 is 19.6 Å². The number of aromatic nitrogens is 1. The van der Waals surface area contributed by atoms with Crippen molar-refractivity contribution >= 4 is 34.8 Å². The minimum absolute atomic E-state index is 0.164. The number of nitriles is 1. The maximum absolute atomic E-state index is 15.3. The van der Waals surface area contributed by atoms with E-state index in [1.807, 2.05) is 13.8 Å². The first-order chi connectivity index (χ1) is 24.5. The molecule has 3 aromatic carbocycles. The van der Waals surface area contributed by atoms with E-state index in [2.05, 4.69) is 76.1 Å². The summed E-state index contributed by atoms with van der Waals surface area (Å²) in [6, 6.07) is 19.5. The molecule has 0 bridgehead atoms. The third-order valence-corrected chi connectivity index (χ3v) is 11.2. The Morgan fingerprint density at radius 3 is 2.55 bits per heavy atom. The summed E-state index contributed by atoms with van der Waals surface area (Å²) in [6.45, 7) is 7.49.